The molecule has 0 aliphatic heterocycles. The molecule has 26 heavy (non-hydrogen) atoms. The van der Waals surface area contributed by atoms with E-state index in [1.165, 1.54) is 0 Å². The number of benzene rings is 2. The molecule has 0 saturated heterocycles. The monoisotopic (exact) mass is 368 g/mol. The van der Waals surface area contributed by atoms with Crippen molar-refractivity contribution < 1.29 is 14.2 Å². The van der Waals surface area contributed by atoms with Crippen LogP contribution in [0.1, 0.15) is 11.3 Å². The maximum absolute atomic E-state index is 5.45. The molecule has 0 spiro atoms. The Morgan fingerprint density at radius 1 is 0.962 bits per heavy atom. The summed E-state index contributed by atoms with van der Waals surface area (Å²) < 4.78 is 16.3. The minimum absolute atomic E-state index is 0.553. The Bertz CT molecular complexity index is 895. The molecule has 2 aromatic carbocycles. The fraction of sp³-hybridized carbons (Fsp3) is 0.200. The summed E-state index contributed by atoms with van der Waals surface area (Å²) in [6.07, 6.45) is 0. The first-order chi connectivity index (χ1) is 12.7. The van der Waals surface area contributed by atoms with Gasteiger partial charge in [0, 0.05) is 23.6 Å². The molecule has 0 radical (unpaired) electrons. The molecule has 0 bridgehead atoms. The van der Waals surface area contributed by atoms with Gasteiger partial charge in [0.15, 0.2) is 11.5 Å². The second-order valence-electron chi connectivity index (χ2n) is 5.39. The predicted octanol–water partition coefficient (Wildman–Crippen LogP) is 4.30. The molecule has 0 saturated carbocycles. The van der Waals surface area contributed by atoms with Crippen molar-refractivity contribution in [3.05, 3.63) is 59.1 Å². The smallest absolute Gasteiger partial charge is 0.203 e. The van der Waals surface area contributed by atoms with E-state index in [1.54, 1.807) is 39.7 Å². The zero-order chi connectivity index (χ0) is 18.5. The molecule has 0 N–H and O–H groups in total. The Labute approximate surface area is 156 Å². The van der Waals surface area contributed by atoms with Crippen LogP contribution in [-0.4, -0.2) is 39.1 Å². The van der Waals surface area contributed by atoms with E-state index in [2.05, 4.69) is 4.99 Å². The highest BCUT2D eigenvalue weighted by Gasteiger charge is 2.18. The Morgan fingerprint density at radius 2 is 1.62 bits per heavy atom. The average molecular weight is 368 g/mol. The van der Waals surface area contributed by atoms with E-state index in [0.717, 1.165) is 27.5 Å². The number of aliphatic imine (C=N–C) groups is 1. The lowest BCUT2D eigenvalue weighted by molar-refractivity contribution is 0.324. The van der Waals surface area contributed by atoms with Crippen LogP contribution in [0.3, 0.4) is 0 Å². The van der Waals surface area contributed by atoms with Crippen LogP contribution in [0.15, 0.2) is 52.8 Å². The zero-order valence-electron chi connectivity index (χ0n) is 15.1. The Balaban J connectivity index is 2.04. The fourth-order valence-electron chi connectivity index (χ4n) is 2.71. The minimum Gasteiger partial charge on any atom is -0.493 e. The van der Waals surface area contributed by atoms with Crippen molar-refractivity contribution >= 4 is 17.0 Å². The van der Waals surface area contributed by atoms with Crippen molar-refractivity contribution in [1.29, 1.82) is 0 Å². The van der Waals surface area contributed by atoms with Crippen LogP contribution in [-0.2, 0) is 0 Å². The van der Waals surface area contributed by atoms with E-state index in [0.29, 0.717) is 17.2 Å². The molecule has 0 aliphatic carbocycles. The third-order valence-corrected chi connectivity index (χ3v) is 4.82. The number of methoxy groups -OCH3 is 3. The number of ether oxygens (including phenoxy) is 3. The van der Waals surface area contributed by atoms with Gasteiger partial charge in [-0.1, -0.05) is 30.3 Å². The highest BCUT2D eigenvalue weighted by molar-refractivity contribution is 7.13. The molecule has 0 fully saturated rings. The standard InChI is InChI=1S/C20H20N2O3S/c1-21-18(14-10-16(23-2)19(25-4)17(11-14)24-3)15-12-26-20(22-15)13-8-6-5-7-9-13/h5-12H,1-4H3/b21-18-. The number of hydrogen-bond acceptors (Lipinski definition) is 6. The molecule has 0 aliphatic rings. The summed E-state index contributed by atoms with van der Waals surface area (Å²) in [5, 5.41) is 2.96. The number of hydrogen-bond donors (Lipinski definition) is 0. The number of thiazole rings is 1. The summed E-state index contributed by atoms with van der Waals surface area (Å²) in [4.78, 5) is 9.21. The topological polar surface area (TPSA) is 52.9 Å². The molecule has 0 unspecified atom stereocenters. The highest BCUT2D eigenvalue weighted by atomic mass is 32.1. The van der Waals surface area contributed by atoms with E-state index in [4.69, 9.17) is 19.2 Å². The van der Waals surface area contributed by atoms with Gasteiger partial charge in [-0.05, 0) is 12.1 Å². The van der Waals surface area contributed by atoms with Crippen molar-refractivity contribution in [2.45, 2.75) is 0 Å². The molecule has 3 rings (SSSR count). The summed E-state index contributed by atoms with van der Waals surface area (Å²) in [6.45, 7) is 0. The van der Waals surface area contributed by atoms with Crippen molar-refractivity contribution in [3.63, 3.8) is 0 Å². The van der Waals surface area contributed by atoms with Gasteiger partial charge in [-0.15, -0.1) is 11.3 Å². The Hall–Kier alpha value is -2.86. The van der Waals surface area contributed by atoms with E-state index < -0.39 is 0 Å². The maximum atomic E-state index is 5.45. The van der Waals surface area contributed by atoms with Gasteiger partial charge in [0.05, 0.1) is 27.0 Å². The summed E-state index contributed by atoms with van der Waals surface area (Å²) in [5.41, 5.74) is 3.52. The second-order valence-corrected chi connectivity index (χ2v) is 6.25. The summed E-state index contributed by atoms with van der Waals surface area (Å²) in [7, 11) is 6.53. The minimum atomic E-state index is 0.553. The van der Waals surface area contributed by atoms with Gasteiger partial charge in [-0.25, -0.2) is 4.98 Å². The predicted molar refractivity (Wildman–Crippen MR) is 105 cm³/mol. The van der Waals surface area contributed by atoms with Crippen molar-refractivity contribution in [2.75, 3.05) is 28.4 Å². The second kappa shape index (κ2) is 8.01. The molecule has 1 heterocycles. The lowest BCUT2D eigenvalue weighted by atomic mass is 10.1. The molecular formula is C20H20N2O3S. The van der Waals surface area contributed by atoms with Gasteiger partial charge in [0.1, 0.15) is 10.7 Å². The molecular weight excluding hydrogens is 348 g/mol. The van der Waals surface area contributed by atoms with E-state index in [-0.39, 0.29) is 0 Å². The van der Waals surface area contributed by atoms with Gasteiger partial charge in [-0.2, -0.15) is 0 Å². The Kier molecular flexibility index (Phi) is 5.53. The third kappa shape index (κ3) is 3.41. The largest absolute Gasteiger partial charge is 0.493 e. The lowest BCUT2D eigenvalue weighted by Crippen LogP contribution is -2.06. The van der Waals surface area contributed by atoms with Crippen molar-refractivity contribution in [1.82, 2.24) is 4.98 Å². The van der Waals surface area contributed by atoms with Gasteiger partial charge in [-0.3, -0.25) is 4.99 Å². The van der Waals surface area contributed by atoms with Crippen LogP contribution in [0.4, 0.5) is 0 Å². The first kappa shape index (κ1) is 17.9. The summed E-state index contributed by atoms with van der Waals surface area (Å²) in [6, 6.07) is 13.9. The molecule has 134 valence electrons. The highest BCUT2D eigenvalue weighted by Crippen LogP contribution is 2.39. The molecule has 0 amide bonds. The average Bonchev–Trinajstić information content (AvgIpc) is 3.18. The molecule has 0 atom stereocenters. The van der Waals surface area contributed by atoms with Crippen LogP contribution in [0.2, 0.25) is 0 Å². The van der Waals surface area contributed by atoms with Gasteiger partial charge >= 0.3 is 0 Å². The first-order valence-corrected chi connectivity index (χ1v) is 8.88. The van der Waals surface area contributed by atoms with Crippen LogP contribution in [0.25, 0.3) is 10.6 Å². The lowest BCUT2D eigenvalue weighted by Gasteiger charge is -2.14. The van der Waals surface area contributed by atoms with Crippen molar-refractivity contribution in [3.8, 4) is 27.8 Å². The van der Waals surface area contributed by atoms with Crippen LogP contribution in [0, 0.1) is 0 Å². The van der Waals surface area contributed by atoms with Crippen molar-refractivity contribution in [2.24, 2.45) is 4.99 Å². The van der Waals surface area contributed by atoms with Crippen LogP contribution in [0.5, 0.6) is 17.2 Å². The molecule has 6 heteroatoms. The van der Waals surface area contributed by atoms with E-state index >= 15 is 0 Å². The Morgan fingerprint density at radius 3 is 2.15 bits per heavy atom. The maximum Gasteiger partial charge on any atom is 0.203 e. The molecule has 3 aromatic rings. The van der Waals surface area contributed by atoms with Crippen LogP contribution < -0.4 is 14.2 Å². The number of nitrogens with zero attached hydrogens (tertiary/aromatic N) is 2. The normalized spacial score (nSPS) is 11.3. The molecule has 5 nitrogen and oxygen atoms in total. The van der Waals surface area contributed by atoms with Gasteiger partial charge in [0.25, 0.3) is 0 Å². The van der Waals surface area contributed by atoms with E-state index in [1.807, 2.05) is 47.8 Å². The van der Waals surface area contributed by atoms with Gasteiger partial charge in [0.2, 0.25) is 5.75 Å². The number of rotatable bonds is 6. The summed E-state index contributed by atoms with van der Waals surface area (Å²) in [5.74, 6) is 1.72. The SMILES string of the molecule is C/N=C(/c1cc(OC)c(OC)c(OC)c1)c1csc(-c2ccccc2)n1. The van der Waals surface area contributed by atoms with E-state index in [9.17, 15) is 0 Å². The quantitative estimate of drug-likeness (QED) is 0.609. The number of aromatic nitrogens is 1. The summed E-state index contributed by atoms with van der Waals surface area (Å²) >= 11 is 1.59. The molecule has 1 aromatic heterocycles. The van der Waals surface area contributed by atoms with Gasteiger partial charge < -0.3 is 14.2 Å². The van der Waals surface area contributed by atoms with Crippen LogP contribution >= 0.6 is 11.3 Å². The third-order valence-electron chi connectivity index (χ3n) is 3.93. The first-order valence-electron chi connectivity index (χ1n) is 8.00. The fourth-order valence-corrected chi connectivity index (χ4v) is 3.52. The zero-order valence-corrected chi connectivity index (χ0v) is 16.0.